The molecule has 0 aliphatic rings. The van der Waals surface area contributed by atoms with Gasteiger partial charge in [0.25, 0.3) is 0 Å². The Morgan fingerprint density at radius 3 is 1.50 bits per heavy atom. The Balaban J connectivity index is 1.30. The smallest absolute Gasteiger partial charge is 0.0622 e. The Bertz CT molecular complexity index is 3270. The average molecular weight is 641 g/mol. The maximum atomic E-state index is 9.41. The molecule has 10 rings (SSSR count). The zero-order valence-corrected chi connectivity index (χ0v) is 26.9. The zero-order chi connectivity index (χ0) is 40.0. The minimum atomic E-state index is -0.423. The molecule has 0 atom stereocenters. The van der Waals surface area contributed by atoms with E-state index in [0.717, 1.165) is 38.4 Å². The first-order valence-corrected chi connectivity index (χ1v) is 16.7. The molecule has 0 fully saturated rings. The quantitative estimate of drug-likeness (QED) is 0.133. The molecule has 50 heavy (non-hydrogen) atoms. The summed E-state index contributed by atoms with van der Waals surface area (Å²) in [5.41, 5.74) is 5.39. The molecule has 232 valence electrons. The van der Waals surface area contributed by atoms with Crippen molar-refractivity contribution >= 4 is 53.9 Å². The third kappa shape index (κ3) is 4.46. The Morgan fingerprint density at radius 2 is 0.800 bits per heavy atom. The fourth-order valence-corrected chi connectivity index (χ4v) is 7.69. The van der Waals surface area contributed by atoms with E-state index in [4.69, 9.17) is 5.48 Å². The summed E-state index contributed by atoms with van der Waals surface area (Å²) >= 11 is 0. The van der Waals surface area contributed by atoms with Crippen molar-refractivity contribution in [3.8, 4) is 44.5 Å². The zero-order valence-electron chi connectivity index (χ0n) is 34.9. The van der Waals surface area contributed by atoms with Gasteiger partial charge >= 0.3 is 0 Å². The molecular weight excluding hydrogens is 601 g/mol. The first-order chi connectivity index (χ1) is 28.2. The van der Waals surface area contributed by atoms with Crippen molar-refractivity contribution < 1.29 is 11.0 Å². The van der Waals surface area contributed by atoms with E-state index in [1.807, 2.05) is 91.0 Å². The Hall–Kier alpha value is -6.50. The van der Waals surface area contributed by atoms with Crippen LogP contribution in [0.15, 0.2) is 194 Å². The largest absolute Gasteiger partial charge is 0.0629 e. The van der Waals surface area contributed by atoms with E-state index in [0.29, 0.717) is 22.3 Å². The van der Waals surface area contributed by atoms with Crippen LogP contribution in [0.1, 0.15) is 11.0 Å². The van der Waals surface area contributed by atoms with Gasteiger partial charge < -0.3 is 0 Å². The van der Waals surface area contributed by atoms with Gasteiger partial charge in [-0.1, -0.05) is 188 Å². The van der Waals surface area contributed by atoms with E-state index in [9.17, 15) is 5.48 Å². The molecule has 0 aliphatic heterocycles. The molecule has 0 aromatic heterocycles. The molecule has 0 heterocycles. The summed E-state index contributed by atoms with van der Waals surface area (Å²) < 4.78 is 73.0. The van der Waals surface area contributed by atoms with E-state index < -0.39 is 24.2 Å². The van der Waals surface area contributed by atoms with Crippen molar-refractivity contribution in [3.05, 3.63) is 194 Å². The molecule has 0 N–H and O–H groups in total. The maximum Gasteiger partial charge on any atom is 0.0629 e. The summed E-state index contributed by atoms with van der Waals surface area (Å²) in [6, 6.07) is 45.3. The highest BCUT2D eigenvalue weighted by molar-refractivity contribution is 6.24. The lowest BCUT2D eigenvalue weighted by Gasteiger charge is -2.20. The molecule has 0 amide bonds. The normalized spacial score (nSPS) is 13.8. The van der Waals surface area contributed by atoms with Crippen LogP contribution in [0.4, 0.5) is 0 Å². The lowest BCUT2D eigenvalue weighted by Crippen LogP contribution is -1.92. The lowest BCUT2D eigenvalue weighted by atomic mass is 9.83. The van der Waals surface area contributed by atoms with Crippen LogP contribution in [0, 0.1) is 0 Å². The third-order valence-electron chi connectivity index (χ3n) is 9.89. The van der Waals surface area contributed by atoms with Gasteiger partial charge in [0.05, 0.1) is 11.0 Å². The second-order valence-corrected chi connectivity index (χ2v) is 12.6. The van der Waals surface area contributed by atoms with Crippen LogP contribution in [0.25, 0.3) is 98.4 Å². The summed E-state index contributed by atoms with van der Waals surface area (Å²) in [5.74, 6) is 0. The van der Waals surface area contributed by atoms with Crippen LogP contribution in [-0.4, -0.2) is 0 Å². The summed E-state index contributed by atoms with van der Waals surface area (Å²) in [6.45, 7) is 0. The van der Waals surface area contributed by atoms with Gasteiger partial charge in [0.1, 0.15) is 0 Å². The highest BCUT2D eigenvalue weighted by atomic mass is 14.2. The highest BCUT2D eigenvalue weighted by Gasteiger charge is 2.19. The molecule has 10 aromatic rings. The van der Waals surface area contributed by atoms with Crippen LogP contribution in [0.2, 0.25) is 0 Å². The van der Waals surface area contributed by atoms with E-state index in [1.165, 1.54) is 16.2 Å². The van der Waals surface area contributed by atoms with Crippen molar-refractivity contribution in [1.29, 1.82) is 0 Å². The Kier molecular flexibility index (Phi) is 4.97. The first kappa shape index (κ1) is 21.5. The van der Waals surface area contributed by atoms with Crippen LogP contribution in [0.5, 0.6) is 0 Å². The minimum Gasteiger partial charge on any atom is -0.0622 e. The summed E-state index contributed by atoms with van der Waals surface area (Å²) in [5, 5.41) is 7.62. The number of benzene rings is 10. The van der Waals surface area contributed by atoms with Gasteiger partial charge in [-0.2, -0.15) is 0 Å². The topological polar surface area (TPSA) is 0 Å². The van der Waals surface area contributed by atoms with Crippen LogP contribution >= 0.6 is 0 Å². The van der Waals surface area contributed by atoms with Gasteiger partial charge in [0.2, 0.25) is 0 Å². The fraction of sp³-hybridized carbons (Fsp3) is 0. The predicted molar refractivity (Wildman–Crippen MR) is 216 cm³/mol. The van der Waals surface area contributed by atoms with Crippen molar-refractivity contribution in [3.63, 3.8) is 0 Å². The van der Waals surface area contributed by atoms with Crippen LogP contribution in [0.3, 0.4) is 0 Å². The monoisotopic (exact) mass is 640 g/mol. The van der Waals surface area contributed by atoms with E-state index in [1.54, 1.807) is 0 Å². The molecule has 0 aliphatic carbocycles. The van der Waals surface area contributed by atoms with Crippen molar-refractivity contribution in [2.45, 2.75) is 0 Å². The molecule has 10 aromatic carbocycles. The molecule has 0 spiro atoms. The van der Waals surface area contributed by atoms with Gasteiger partial charge in [-0.3, -0.25) is 0 Å². The van der Waals surface area contributed by atoms with Crippen molar-refractivity contribution in [1.82, 2.24) is 0 Å². The number of hydrogen-bond donors (Lipinski definition) is 0. The molecular formula is C50H32. The van der Waals surface area contributed by atoms with Gasteiger partial charge in [-0.15, -0.1) is 0 Å². The summed E-state index contributed by atoms with van der Waals surface area (Å²) in [4.78, 5) is 0. The number of fused-ring (bicyclic) bond motifs is 7. The number of rotatable bonds is 4. The molecule has 0 nitrogen and oxygen atoms in total. The SMILES string of the molecule is [2H]c1c([2H])c([2H])c2c(-c3ccccc3-c3ccccc3)c3c([2H])c([2H])c([2H])c([2H])c3c(-c3ccc(-c4cc5ccc6ccccc6c5c5ccccc45)cc3)c2c1[2H]. The highest BCUT2D eigenvalue weighted by Crippen LogP contribution is 2.46. The molecule has 0 radical (unpaired) electrons. The second-order valence-electron chi connectivity index (χ2n) is 12.6. The van der Waals surface area contributed by atoms with Gasteiger partial charge in [-0.25, -0.2) is 0 Å². The summed E-state index contributed by atoms with van der Waals surface area (Å²) in [6.07, 6.45) is 0. The molecule has 0 heteroatoms. The fourth-order valence-electron chi connectivity index (χ4n) is 7.69. The lowest BCUT2D eigenvalue weighted by molar-refractivity contribution is 1.60. The van der Waals surface area contributed by atoms with E-state index in [2.05, 4.69) is 54.6 Å². The van der Waals surface area contributed by atoms with Gasteiger partial charge in [-0.05, 0) is 104 Å². The molecule has 0 bridgehead atoms. The van der Waals surface area contributed by atoms with Crippen LogP contribution < -0.4 is 0 Å². The molecule has 0 saturated carbocycles. The van der Waals surface area contributed by atoms with Crippen molar-refractivity contribution in [2.24, 2.45) is 0 Å². The molecule has 0 saturated heterocycles. The molecule has 0 unspecified atom stereocenters. The Morgan fingerprint density at radius 1 is 0.300 bits per heavy atom. The third-order valence-corrected chi connectivity index (χ3v) is 9.89. The van der Waals surface area contributed by atoms with E-state index >= 15 is 0 Å². The van der Waals surface area contributed by atoms with Crippen molar-refractivity contribution in [2.75, 3.05) is 0 Å². The number of hydrogen-bond acceptors (Lipinski definition) is 0. The predicted octanol–water partition coefficient (Wildman–Crippen LogP) is 14.1. The van der Waals surface area contributed by atoms with Crippen LogP contribution in [-0.2, 0) is 0 Å². The first-order valence-electron chi connectivity index (χ1n) is 20.7. The average Bonchev–Trinajstić information content (AvgIpc) is 3.27. The maximum absolute atomic E-state index is 9.41. The minimum absolute atomic E-state index is 0.192. The van der Waals surface area contributed by atoms with Gasteiger partial charge in [0.15, 0.2) is 0 Å². The second kappa shape index (κ2) is 11.6. The van der Waals surface area contributed by atoms with Gasteiger partial charge in [0, 0.05) is 0 Å². The summed E-state index contributed by atoms with van der Waals surface area (Å²) in [7, 11) is 0. The standard InChI is InChI=1S/C50H32/c1-2-14-33(15-3-1)38-17-6-8-20-41(38)50-45-24-12-10-22-43(45)48(44-23-11-13-25-46(44)50)36-29-26-35(27-30-36)47-32-37-31-28-34-16-4-5-18-39(34)49(37)42-21-9-7-19-40(42)47/h1-32H/i10D,11D,12D,13D,22D,23D,24D,25D. The Labute approximate surface area is 302 Å². The van der Waals surface area contributed by atoms with E-state index in [-0.39, 0.29) is 45.7 Å².